The lowest BCUT2D eigenvalue weighted by Crippen LogP contribution is -2.36. The zero-order chi connectivity index (χ0) is 14.8. The van der Waals surface area contributed by atoms with E-state index in [0.29, 0.717) is 6.04 Å². The van der Waals surface area contributed by atoms with Crippen LogP contribution in [0.3, 0.4) is 0 Å². The Hall–Kier alpha value is -0.730. The quantitative estimate of drug-likeness (QED) is 0.872. The molecule has 0 atom stereocenters. The van der Waals surface area contributed by atoms with Gasteiger partial charge in [0.15, 0.2) is 0 Å². The van der Waals surface area contributed by atoms with Crippen LogP contribution in [0.5, 0.6) is 0 Å². The van der Waals surface area contributed by atoms with E-state index >= 15 is 0 Å². The second kappa shape index (κ2) is 6.36. The fourth-order valence-electron chi connectivity index (χ4n) is 2.89. The molecule has 0 aliphatic heterocycles. The van der Waals surface area contributed by atoms with E-state index in [4.69, 9.17) is 11.6 Å². The molecule has 2 nitrogen and oxygen atoms in total. The molecular weight excluding hydrogens is 268 g/mol. The Morgan fingerprint density at radius 3 is 2.50 bits per heavy atom. The minimum Gasteiger partial charge on any atom is -0.371 e. The standard InChI is InChI=1S/C17H27ClN2/c1-17(2,3)19-12-13-11-14(18)9-10-16(13)20(4)15-7-5-6-8-15/h9-11,15,19H,5-8,12H2,1-4H3. The van der Waals surface area contributed by atoms with Crippen LogP contribution in [0.1, 0.15) is 52.0 Å². The molecule has 3 heteroatoms. The van der Waals surface area contributed by atoms with Gasteiger partial charge in [0.2, 0.25) is 0 Å². The van der Waals surface area contributed by atoms with Crippen LogP contribution in [-0.4, -0.2) is 18.6 Å². The molecule has 0 saturated heterocycles. The summed E-state index contributed by atoms with van der Waals surface area (Å²) >= 11 is 6.18. The highest BCUT2D eigenvalue weighted by atomic mass is 35.5. The van der Waals surface area contributed by atoms with E-state index in [2.05, 4.69) is 50.2 Å². The van der Waals surface area contributed by atoms with Crippen LogP contribution in [0.2, 0.25) is 5.02 Å². The third-order valence-corrected chi connectivity index (χ3v) is 4.34. The molecule has 0 unspecified atom stereocenters. The smallest absolute Gasteiger partial charge is 0.0412 e. The van der Waals surface area contributed by atoms with E-state index in [0.717, 1.165) is 11.6 Å². The number of anilines is 1. The van der Waals surface area contributed by atoms with Gasteiger partial charge < -0.3 is 10.2 Å². The van der Waals surface area contributed by atoms with Crippen LogP contribution in [-0.2, 0) is 6.54 Å². The first-order chi connectivity index (χ1) is 9.37. The maximum atomic E-state index is 6.18. The number of benzene rings is 1. The fourth-order valence-corrected chi connectivity index (χ4v) is 3.08. The van der Waals surface area contributed by atoms with Crippen LogP contribution in [0.4, 0.5) is 5.69 Å². The van der Waals surface area contributed by atoms with E-state index in [-0.39, 0.29) is 5.54 Å². The third kappa shape index (κ3) is 4.13. The number of hydrogen-bond donors (Lipinski definition) is 1. The fraction of sp³-hybridized carbons (Fsp3) is 0.647. The van der Waals surface area contributed by atoms with E-state index in [1.54, 1.807) is 0 Å². The predicted octanol–water partition coefficient (Wildman–Crippen LogP) is 4.61. The van der Waals surface area contributed by atoms with Gasteiger partial charge in [0.1, 0.15) is 0 Å². The topological polar surface area (TPSA) is 15.3 Å². The van der Waals surface area contributed by atoms with Crippen molar-refractivity contribution in [2.45, 2.75) is 64.6 Å². The van der Waals surface area contributed by atoms with Gasteiger partial charge >= 0.3 is 0 Å². The van der Waals surface area contributed by atoms with Crippen molar-refractivity contribution >= 4 is 17.3 Å². The summed E-state index contributed by atoms with van der Waals surface area (Å²) < 4.78 is 0. The zero-order valence-electron chi connectivity index (χ0n) is 13.2. The molecule has 1 aromatic carbocycles. The van der Waals surface area contributed by atoms with Crippen molar-refractivity contribution in [3.63, 3.8) is 0 Å². The van der Waals surface area contributed by atoms with Crippen LogP contribution >= 0.6 is 11.6 Å². The van der Waals surface area contributed by atoms with Crippen molar-refractivity contribution in [1.82, 2.24) is 5.32 Å². The third-order valence-electron chi connectivity index (χ3n) is 4.10. The Labute approximate surface area is 128 Å². The van der Waals surface area contributed by atoms with Gasteiger partial charge in [-0.1, -0.05) is 24.4 Å². The summed E-state index contributed by atoms with van der Waals surface area (Å²) in [6.07, 6.45) is 5.34. The SMILES string of the molecule is CN(c1ccc(Cl)cc1CNC(C)(C)C)C1CCCC1. The van der Waals surface area contributed by atoms with Gasteiger partial charge in [-0.3, -0.25) is 0 Å². The lowest BCUT2D eigenvalue weighted by atomic mass is 10.1. The van der Waals surface area contributed by atoms with Gasteiger partial charge in [0, 0.05) is 35.9 Å². The monoisotopic (exact) mass is 294 g/mol. The Morgan fingerprint density at radius 2 is 1.90 bits per heavy atom. The number of nitrogens with zero attached hydrogens (tertiary/aromatic N) is 1. The molecule has 112 valence electrons. The molecule has 0 bridgehead atoms. The average Bonchev–Trinajstić information content (AvgIpc) is 2.88. The lowest BCUT2D eigenvalue weighted by molar-refractivity contribution is 0.424. The number of hydrogen-bond acceptors (Lipinski definition) is 2. The molecule has 0 aromatic heterocycles. The summed E-state index contributed by atoms with van der Waals surface area (Å²) in [6.45, 7) is 7.43. The summed E-state index contributed by atoms with van der Waals surface area (Å²) in [7, 11) is 2.22. The summed E-state index contributed by atoms with van der Waals surface area (Å²) in [5, 5.41) is 4.38. The van der Waals surface area contributed by atoms with Crippen LogP contribution < -0.4 is 10.2 Å². The van der Waals surface area contributed by atoms with Crippen LogP contribution in [0.25, 0.3) is 0 Å². The maximum absolute atomic E-state index is 6.18. The Balaban J connectivity index is 2.18. The minimum atomic E-state index is 0.117. The van der Waals surface area contributed by atoms with Gasteiger partial charge in [-0.2, -0.15) is 0 Å². The first kappa shape index (κ1) is 15.7. The molecule has 1 N–H and O–H groups in total. The zero-order valence-corrected chi connectivity index (χ0v) is 13.9. The highest BCUT2D eigenvalue weighted by molar-refractivity contribution is 6.30. The summed E-state index contributed by atoms with van der Waals surface area (Å²) in [5.41, 5.74) is 2.73. The van der Waals surface area contributed by atoms with Crippen LogP contribution in [0.15, 0.2) is 18.2 Å². The molecule has 1 aromatic rings. The molecule has 1 aliphatic rings. The van der Waals surface area contributed by atoms with Crippen molar-refractivity contribution in [1.29, 1.82) is 0 Å². The number of rotatable bonds is 4. The van der Waals surface area contributed by atoms with E-state index in [9.17, 15) is 0 Å². The first-order valence-electron chi connectivity index (χ1n) is 7.63. The van der Waals surface area contributed by atoms with E-state index in [1.165, 1.54) is 36.9 Å². The maximum Gasteiger partial charge on any atom is 0.0412 e. The highest BCUT2D eigenvalue weighted by Crippen LogP contribution is 2.30. The molecule has 1 saturated carbocycles. The lowest BCUT2D eigenvalue weighted by Gasteiger charge is -2.30. The molecule has 1 fully saturated rings. The second-order valence-corrected chi connectivity index (χ2v) is 7.36. The van der Waals surface area contributed by atoms with Crippen LogP contribution in [0, 0.1) is 0 Å². The van der Waals surface area contributed by atoms with Gasteiger partial charge in [-0.25, -0.2) is 0 Å². The predicted molar refractivity (Wildman–Crippen MR) is 88.7 cm³/mol. The molecular formula is C17H27ClN2. The van der Waals surface area contributed by atoms with Gasteiger partial charge in [-0.15, -0.1) is 0 Å². The number of halogens is 1. The van der Waals surface area contributed by atoms with Crippen molar-refractivity contribution in [2.24, 2.45) is 0 Å². The summed E-state index contributed by atoms with van der Waals surface area (Å²) in [5.74, 6) is 0. The average molecular weight is 295 g/mol. The minimum absolute atomic E-state index is 0.117. The van der Waals surface area contributed by atoms with Crippen molar-refractivity contribution in [3.05, 3.63) is 28.8 Å². The van der Waals surface area contributed by atoms with Gasteiger partial charge in [0.25, 0.3) is 0 Å². The van der Waals surface area contributed by atoms with Crippen molar-refractivity contribution < 1.29 is 0 Å². The normalized spacial score (nSPS) is 16.6. The Kier molecular flexibility index (Phi) is 4.98. The first-order valence-corrected chi connectivity index (χ1v) is 8.01. The molecule has 1 aliphatic carbocycles. The molecule has 0 spiro atoms. The Bertz CT molecular complexity index is 445. The molecule has 2 rings (SSSR count). The second-order valence-electron chi connectivity index (χ2n) is 6.93. The van der Waals surface area contributed by atoms with E-state index < -0.39 is 0 Å². The summed E-state index contributed by atoms with van der Waals surface area (Å²) in [6, 6.07) is 6.95. The molecule has 0 amide bonds. The molecule has 0 radical (unpaired) electrons. The summed E-state index contributed by atoms with van der Waals surface area (Å²) in [4.78, 5) is 2.45. The Morgan fingerprint density at radius 1 is 1.25 bits per heavy atom. The van der Waals surface area contributed by atoms with E-state index in [1.807, 2.05) is 6.07 Å². The van der Waals surface area contributed by atoms with Crippen molar-refractivity contribution in [2.75, 3.05) is 11.9 Å². The molecule has 0 heterocycles. The number of nitrogens with one attached hydrogen (secondary N) is 1. The molecule has 20 heavy (non-hydrogen) atoms. The highest BCUT2D eigenvalue weighted by Gasteiger charge is 2.22. The van der Waals surface area contributed by atoms with Crippen molar-refractivity contribution in [3.8, 4) is 0 Å². The van der Waals surface area contributed by atoms with Gasteiger partial charge in [0.05, 0.1) is 0 Å². The van der Waals surface area contributed by atoms with Gasteiger partial charge in [-0.05, 0) is 57.4 Å². The largest absolute Gasteiger partial charge is 0.371 e.